The average molecular weight is 647 g/mol. The molecule has 2 atom stereocenters. The van der Waals surface area contributed by atoms with E-state index in [4.69, 9.17) is 18.9 Å². The first-order valence-corrected chi connectivity index (χ1v) is 15.2. The van der Waals surface area contributed by atoms with Crippen LogP contribution < -0.4 is 45.6 Å². The lowest BCUT2D eigenvalue weighted by molar-refractivity contribution is -0.120. The molecule has 4 rings (SSSR count). The number of benzene rings is 2. The van der Waals surface area contributed by atoms with Crippen molar-refractivity contribution in [2.24, 2.45) is 5.92 Å². The van der Waals surface area contributed by atoms with Gasteiger partial charge < -0.3 is 40.2 Å². The van der Waals surface area contributed by atoms with Gasteiger partial charge >= 0.3 is 0 Å². The number of carbonyl (C=O) groups excluding carboxylic acids is 3. The standard InChI is InChI=1S/C35H42N4O8/c1-18(2)32(35(43)39-27-16-22(36-19(3)40)10-14-29(27)44-5)38-26-13-11-23-24(17-28(26)42)25(37-20(4)41)12-9-21-15-30(45-6)33(46-7)34(47-8)31(21)23/h10-11,13-18,25,32H,9,12H2,1-8H3,(H,36,40)(H,37,41)(H,38,42)(H,39,43). The van der Waals surface area contributed by atoms with Crippen LogP contribution in [0.5, 0.6) is 23.0 Å². The first-order valence-electron chi connectivity index (χ1n) is 15.2. The molecule has 0 fully saturated rings. The number of nitrogens with one attached hydrogen (secondary N) is 4. The molecule has 12 nitrogen and oxygen atoms in total. The maximum absolute atomic E-state index is 13.9. The van der Waals surface area contributed by atoms with Crippen molar-refractivity contribution in [3.05, 3.63) is 63.8 Å². The Morgan fingerprint density at radius 3 is 2.09 bits per heavy atom. The molecule has 2 unspecified atom stereocenters. The SMILES string of the molecule is COc1ccc(NC(C)=O)cc1NC(=O)C(Nc1ccc2c(cc1=O)C(NC(C)=O)CCc1cc(OC)c(OC)c(OC)c1-2)C(C)C. The van der Waals surface area contributed by atoms with Crippen LogP contribution in [0.25, 0.3) is 11.1 Å². The lowest BCUT2D eigenvalue weighted by atomic mass is 9.95. The molecular formula is C35H42N4O8. The smallest absolute Gasteiger partial charge is 0.247 e. The second-order valence-electron chi connectivity index (χ2n) is 11.5. The van der Waals surface area contributed by atoms with E-state index in [9.17, 15) is 19.2 Å². The van der Waals surface area contributed by atoms with E-state index in [1.54, 1.807) is 37.4 Å². The Labute approximate surface area is 274 Å². The predicted octanol–water partition coefficient (Wildman–Crippen LogP) is 4.91. The average Bonchev–Trinajstić information content (AvgIpc) is 3.26. The van der Waals surface area contributed by atoms with Crippen molar-refractivity contribution >= 4 is 34.8 Å². The minimum absolute atomic E-state index is 0.188. The Morgan fingerprint density at radius 2 is 1.49 bits per heavy atom. The van der Waals surface area contributed by atoms with Gasteiger partial charge in [0.15, 0.2) is 11.5 Å². The zero-order valence-corrected chi connectivity index (χ0v) is 28.0. The Balaban J connectivity index is 1.81. The van der Waals surface area contributed by atoms with Crippen molar-refractivity contribution in [2.75, 3.05) is 44.4 Å². The fraction of sp³-hybridized carbons (Fsp3) is 0.371. The number of aryl methyl sites for hydroxylation is 1. The zero-order chi connectivity index (χ0) is 34.4. The summed E-state index contributed by atoms with van der Waals surface area (Å²) in [6, 6.07) is 10.4. The third-order valence-corrected chi connectivity index (χ3v) is 7.95. The van der Waals surface area contributed by atoms with Crippen LogP contribution in [0, 0.1) is 5.92 Å². The van der Waals surface area contributed by atoms with E-state index in [0.29, 0.717) is 58.3 Å². The molecule has 1 aliphatic carbocycles. The molecule has 1 aliphatic rings. The molecule has 3 aromatic rings. The molecule has 12 heteroatoms. The molecule has 0 bridgehead atoms. The monoisotopic (exact) mass is 646 g/mol. The van der Waals surface area contributed by atoms with Crippen LogP contribution in [-0.2, 0) is 20.8 Å². The van der Waals surface area contributed by atoms with Crippen molar-refractivity contribution < 1.29 is 33.3 Å². The highest BCUT2D eigenvalue weighted by Crippen LogP contribution is 2.50. The molecule has 3 aromatic carbocycles. The minimum atomic E-state index is -0.837. The van der Waals surface area contributed by atoms with Crippen LogP contribution in [0.15, 0.2) is 47.3 Å². The highest BCUT2D eigenvalue weighted by atomic mass is 16.5. The summed E-state index contributed by atoms with van der Waals surface area (Å²) in [5.41, 5.74) is 3.56. The van der Waals surface area contributed by atoms with E-state index in [-0.39, 0.29) is 28.8 Å². The predicted molar refractivity (Wildman–Crippen MR) is 181 cm³/mol. The number of hydrogen-bond donors (Lipinski definition) is 4. The lowest BCUT2D eigenvalue weighted by Crippen LogP contribution is -2.40. The van der Waals surface area contributed by atoms with Crippen molar-refractivity contribution in [3.8, 4) is 34.1 Å². The fourth-order valence-electron chi connectivity index (χ4n) is 5.83. The summed E-state index contributed by atoms with van der Waals surface area (Å²) < 4.78 is 22.5. The molecule has 0 saturated heterocycles. The van der Waals surface area contributed by atoms with Crippen LogP contribution in [0.2, 0.25) is 0 Å². The van der Waals surface area contributed by atoms with Gasteiger partial charge in [-0.25, -0.2) is 0 Å². The van der Waals surface area contributed by atoms with Crippen molar-refractivity contribution in [1.29, 1.82) is 0 Å². The molecule has 0 heterocycles. The fourth-order valence-corrected chi connectivity index (χ4v) is 5.83. The van der Waals surface area contributed by atoms with E-state index >= 15 is 0 Å². The Morgan fingerprint density at radius 1 is 0.787 bits per heavy atom. The van der Waals surface area contributed by atoms with Gasteiger partial charge in [-0.1, -0.05) is 19.9 Å². The quantitative estimate of drug-likeness (QED) is 0.228. The van der Waals surface area contributed by atoms with Gasteiger partial charge in [-0.05, 0) is 71.8 Å². The summed E-state index contributed by atoms with van der Waals surface area (Å²) in [6.07, 6.45) is 1.08. The third kappa shape index (κ3) is 7.59. The van der Waals surface area contributed by atoms with E-state index < -0.39 is 18.0 Å². The number of carbonyl (C=O) groups is 3. The lowest BCUT2D eigenvalue weighted by Gasteiger charge is -2.23. The summed E-state index contributed by atoms with van der Waals surface area (Å²) in [5.74, 6) is 0.594. The van der Waals surface area contributed by atoms with Gasteiger partial charge in [-0.3, -0.25) is 19.2 Å². The number of ether oxygens (including phenoxy) is 4. The highest BCUT2D eigenvalue weighted by Gasteiger charge is 2.30. The molecule has 0 spiro atoms. The van der Waals surface area contributed by atoms with Crippen molar-refractivity contribution in [1.82, 2.24) is 5.32 Å². The Bertz CT molecular complexity index is 1740. The number of fused-ring (bicyclic) bond motifs is 3. The van der Waals surface area contributed by atoms with E-state index in [1.807, 2.05) is 19.9 Å². The third-order valence-electron chi connectivity index (χ3n) is 7.95. The van der Waals surface area contributed by atoms with Gasteiger partial charge in [0.1, 0.15) is 11.8 Å². The van der Waals surface area contributed by atoms with E-state index in [0.717, 1.165) is 11.1 Å². The van der Waals surface area contributed by atoms with Crippen LogP contribution in [0.3, 0.4) is 0 Å². The van der Waals surface area contributed by atoms with Gasteiger partial charge in [0.25, 0.3) is 0 Å². The van der Waals surface area contributed by atoms with Crippen LogP contribution in [-0.4, -0.2) is 52.2 Å². The molecule has 3 amide bonds. The minimum Gasteiger partial charge on any atom is -0.495 e. The number of anilines is 3. The first kappa shape index (κ1) is 34.6. The summed E-state index contributed by atoms with van der Waals surface area (Å²) >= 11 is 0. The second kappa shape index (κ2) is 14.9. The molecule has 250 valence electrons. The molecular weight excluding hydrogens is 604 g/mol. The number of hydrogen-bond acceptors (Lipinski definition) is 9. The van der Waals surface area contributed by atoms with Crippen molar-refractivity contribution in [3.63, 3.8) is 0 Å². The number of amides is 3. The van der Waals surface area contributed by atoms with Gasteiger partial charge in [0.05, 0.1) is 45.9 Å². The summed E-state index contributed by atoms with van der Waals surface area (Å²) in [7, 11) is 6.09. The Kier molecular flexibility index (Phi) is 11.0. The van der Waals surface area contributed by atoms with Crippen molar-refractivity contribution in [2.45, 2.75) is 52.6 Å². The van der Waals surface area contributed by atoms with Gasteiger partial charge in [0, 0.05) is 25.1 Å². The van der Waals surface area contributed by atoms with E-state index in [1.165, 1.54) is 41.2 Å². The second-order valence-corrected chi connectivity index (χ2v) is 11.5. The highest BCUT2D eigenvalue weighted by molar-refractivity contribution is 5.99. The summed E-state index contributed by atoms with van der Waals surface area (Å²) in [6.45, 7) is 6.55. The molecule has 47 heavy (non-hydrogen) atoms. The topological polar surface area (TPSA) is 153 Å². The molecule has 0 aromatic heterocycles. The van der Waals surface area contributed by atoms with Gasteiger partial charge in [-0.15, -0.1) is 0 Å². The normalized spacial score (nSPS) is 14.0. The Hall–Kier alpha value is -5.26. The van der Waals surface area contributed by atoms with Crippen LogP contribution in [0.4, 0.5) is 17.1 Å². The van der Waals surface area contributed by atoms with Crippen LogP contribution in [0.1, 0.15) is 51.3 Å². The van der Waals surface area contributed by atoms with E-state index in [2.05, 4.69) is 21.3 Å². The zero-order valence-electron chi connectivity index (χ0n) is 28.0. The molecule has 0 aliphatic heterocycles. The molecule has 4 N–H and O–H groups in total. The maximum atomic E-state index is 13.9. The molecule has 0 radical (unpaired) electrons. The van der Waals surface area contributed by atoms with Gasteiger partial charge in [0.2, 0.25) is 28.9 Å². The number of methoxy groups -OCH3 is 4. The largest absolute Gasteiger partial charge is 0.495 e. The summed E-state index contributed by atoms with van der Waals surface area (Å²) in [5, 5.41) is 11.7. The van der Waals surface area contributed by atoms with Crippen LogP contribution >= 0.6 is 0 Å². The first-order chi connectivity index (χ1) is 22.4. The maximum Gasteiger partial charge on any atom is 0.247 e. The van der Waals surface area contributed by atoms with Gasteiger partial charge in [-0.2, -0.15) is 0 Å². The number of rotatable bonds is 11. The summed E-state index contributed by atoms with van der Waals surface area (Å²) in [4.78, 5) is 51.5. The molecule has 0 saturated carbocycles.